The normalized spacial score (nSPS) is 12.5. The Morgan fingerprint density at radius 3 is 2.76 bits per heavy atom. The summed E-state index contributed by atoms with van der Waals surface area (Å²) in [5, 5.41) is 12.2. The molecule has 5 aromatic rings. The van der Waals surface area contributed by atoms with Gasteiger partial charge in [-0.05, 0) is 54.0 Å². The number of rotatable bonds is 8. The minimum Gasteiger partial charge on any atom is -0.352 e. The Morgan fingerprint density at radius 2 is 1.97 bits per heavy atom. The topological polar surface area (TPSA) is 82.3 Å². The standard InChI is InChI=1S/C28H26N6/c1-3-19(16-30-17-20-8-6-5-7-9-20)14-21(4-2)23-10-11-24-27(32-23)28(34-33-24)25-15-22-12-13-29-18-26(22)31-25/h3-15,18,30-31H,1,16-17H2,2H3,(H,33,34)/b19-14+,21-4+. The van der Waals surface area contributed by atoms with E-state index >= 15 is 0 Å². The van der Waals surface area contributed by atoms with Crippen LogP contribution in [-0.2, 0) is 6.54 Å². The highest BCUT2D eigenvalue weighted by Crippen LogP contribution is 2.28. The molecule has 1 aromatic carbocycles. The fraction of sp³-hybridized carbons (Fsp3) is 0.107. The van der Waals surface area contributed by atoms with Crippen LogP contribution in [0.2, 0.25) is 0 Å². The van der Waals surface area contributed by atoms with E-state index in [0.717, 1.165) is 63.3 Å². The molecular weight excluding hydrogens is 420 g/mol. The first-order valence-electron chi connectivity index (χ1n) is 11.3. The first-order valence-corrected chi connectivity index (χ1v) is 11.3. The van der Waals surface area contributed by atoms with Gasteiger partial charge in [0.25, 0.3) is 0 Å². The number of benzene rings is 1. The lowest BCUT2D eigenvalue weighted by molar-refractivity contribution is 0.747. The van der Waals surface area contributed by atoms with E-state index < -0.39 is 0 Å². The molecule has 0 saturated carbocycles. The van der Waals surface area contributed by atoms with E-state index in [0.29, 0.717) is 0 Å². The van der Waals surface area contributed by atoms with Crippen LogP contribution in [0.5, 0.6) is 0 Å². The molecule has 0 radical (unpaired) electrons. The molecule has 6 nitrogen and oxygen atoms in total. The quantitative estimate of drug-likeness (QED) is 0.263. The van der Waals surface area contributed by atoms with Gasteiger partial charge in [-0.1, -0.05) is 49.1 Å². The maximum absolute atomic E-state index is 4.97. The SMILES string of the molecule is C=C/C(=C\C(=C/C)c1ccc2[nH]nc(-c3cc4ccncc4[nH]3)c2n1)CNCc1ccccc1. The average Bonchev–Trinajstić information content (AvgIpc) is 3.50. The third-order valence-electron chi connectivity index (χ3n) is 5.80. The van der Waals surface area contributed by atoms with Crippen molar-refractivity contribution < 1.29 is 0 Å². The minimum absolute atomic E-state index is 0.720. The highest BCUT2D eigenvalue weighted by atomic mass is 15.1. The number of allylic oxidation sites excluding steroid dienone is 3. The molecule has 4 aromatic heterocycles. The van der Waals surface area contributed by atoms with Crippen LogP contribution in [0, 0.1) is 0 Å². The van der Waals surface area contributed by atoms with E-state index in [4.69, 9.17) is 4.98 Å². The number of aromatic amines is 2. The Bertz CT molecular complexity index is 1470. The fourth-order valence-electron chi connectivity index (χ4n) is 3.98. The maximum Gasteiger partial charge on any atom is 0.135 e. The summed E-state index contributed by atoms with van der Waals surface area (Å²) in [6, 6.07) is 18.5. The van der Waals surface area contributed by atoms with Crippen LogP contribution in [0.1, 0.15) is 18.2 Å². The molecule has 0 spiro atoms. The largest absolute Gasteiger partial charge is 0.352 e. The molecule has 0 saturated heterocycles. The van der Waals surface area contributed by atoms with E-state index in [9.17, 15) is 0 Å². The molecule has 0 atom stereocenters. The molecular formula is C28H26N6. The minimum atomic E-state index is 0.720. The number of H-pyrrole nitrogens is 2. The Morgan fingerprint density at radius 1 is 1.09 bits per heavy atom. The third kappa shape index (κ3) is 4.44. The van der Waals surface area contributed by atoms with Crippen molar-refractivity contribution in [3.63, 3.8) is 0 Å². The molecule has 34 heavy (non-hydrogen) atoms. The van der Waals surface area contributed by atoms with Gasteiger partial charge >= 0.3 is 0 Å². The summed E-state index contributed by atoms with van der Waals surface area (Å²) < 4.78 is 0. The van der Waals surface area contributed by atoms with Crippen molar-refractivity contribution in [3.05, 3.63) is 109 Å². The van der Waals surface area contributed by atoms with Gasteiger partial charge in [0.15, 0.2) is 0 Å². The molecule has 0 amide bonds. The summed E-state index contributed by atoms with van der Waals surface area (Å²) >= 11 is 0. The monoisotopic (exact) mass is 446 g/mol. The molecule has 0 bridgehead atoms. The second-order valence-electron chi connectivity index (χ2n) is 8.07. The van der Waals surface area contributed by atoms with Crippen molar-refractivity contribution in [1.82, 2.24) is 30.5 Å². The predicted molar refractivity (Wildman–Crippen MR) is 139 cm³/mol. The van der Waals surface area contributed by atoms with Crippen molar-refractivity contribution in [2.45, 2.75) is 13.5 Å². The van der Waals surface area contributed by atoms with Gasteiger partial charge in [0.05, 0.1) is 28.6 Å². The van der Waals surface area contributed by atoms with E-state index in [1.165, 1.54) is 5.56 Å². The zero-order valence-electron chi connectivity index (χ0n) is 19.0. The van der Waals surface area contributed by atoms with Gasteiger partial charge in [-0.3, -0.25) is 10.1 Å². The van der Waals surface area contributed by atoms with Crippen LogP contribution < -0.4 is 5.32 Å². The fourth-order valence-corrected chi connectivity index (χ4v) is 3.98. The number of hydrogen-bond acceptors (Lipinski definition) is 4. The molecule has 6 heteroatoms. The zero-order chi connectivity index (χ0) is 23.3. The Labute approximate surface area is 198 Å². The third-order valence-corrected chi connectivity index (χ3v) is 5.80. The first kappa shape index (κ1) is 21.6. The first-order chi connectivity index (χ1) is 16.7. The smallest absolute Gasteiger partial charge is 0.135 e. The van der Waals surface area contributed by atoms with Crippen LogP contribution in [0.4, 0.5) is 0 Å². The summed E-state index contributed by atoms with van der Waals surface area (Å²) in [6.07, 6.45) is 9.70. The van der Waals surface area contributed by atoms with E-state index in [1.807, 2.05) is 43.5 Å². The number of nitrogens with one attached hydrogen (secondary N) is 3. The van der Waals surface area contributed by atoms with Crippen molar-refractivity contribution in [2.24, 2.45) is 0 Å². The van der Waals surface area contributed by atoms with Gasteiger partial charge in [0.1, 0.15) is 11.2 Å². The molecule has 0 aliphatic rings. The average molecular weight is 447 g/mol. The Kier molecular flexibility index (Phi) is 6.14. The summed E-state index contributed by atoms with van der Waals surface area (Å²) in [6.45, 7) is 7.55. The maximum atomic E-state index is 4.97. The van der Waals surface area contributed by atoms with Crippen molar-refractivity contribution in [1.29, 1.82) is 0 Å². The molecule has 4 heterocycles. The van der Waals surface area contributed by atoms with Gasteiger partial charge in [-0.25, -0.2) is 4.98 Å². The van der Waals surface area contributed by atoms with Gasteiger partial charge < -0.3 is 10.3 Å². The lowest BCUT2D eigenvalue weighted by atomic mass is 10.1. The molecule has 0 unspecified atom stereocenters. The van der Waals surface area contributed by atoms with Crippen LogP contribution in [-0.4, -0.2) is 31.7 Å². The number of fused-ring (bicyclic) bond motifs is 2. The summed E-state index contributed by atoms with van der Waals surface area (Å²) in [4.78, 5) is 12.6. The van der Waals surface area contributed by atoms with Crippen LogP contribution in [0.3, 0.4) is 0 Å². The van der Waals surface area contributed by atoms with Crippen LogP contribution in [0.25, 0.3) is 38.9 Å². The van der Waals surface area contributed by atoms with Gasteiger partial charge in [-0.2, -0.15) is 5.10 Å². The number of aromatic nitrogens is 5. The molecule has 0 fully saturated rings. The van der Waals surface area contributed by atoms with Crippen LogP contribution in [0.15, 0.2) is 97.4 Å². The summed E-state index contributed by atoms with van der Waals surface area (Å²) in [5.74, 6) is 0. The number of pyridine rings is 2. The molecule has 168 valence electrons. The molecule has 0 aliphatic carbocycles. The summed E-state index contributed by atoms with van der Waals surface area (Å²) in [7, 11) is 0. The summed E-state index contributed by atoms with van der Waals surface area (Å²) in [5.41, 5.74) is 8.67. The Hall–Kier alpha value is -4.29. The highest BCUT2D eigenvalue weighted by molar-refractivity contribution is 5.94. The van der Waals surface area contributed by atoms with Crippen molar-refractivity contribution in [2.75, 3.05) is 6.54 Å². The highest BCUT2D eigenvalue weighted by Gasteiger charge is 2.14. The number of nitrogens with zero attached hydrogens (tertiary/aromatic N) is 3. The van der Waals surface area contributed by atoms with Gasteiger partial charge in [0.2, 0.25) is 0 Å². The predicted octanol–water partition coefficient (Wildman–Crippen LogP) is 5.81. The zero-order valence-corrected chi connectivity index (χ0v) is 19.0. The molecule has 3 N–H and O–H groups in total. The second-order valence-corrected chi connectivity index (χ2v) is 8.07. The van der Waals surface area contributed by atoms with Gasteiger partial charge in [-0.15, -0.1) is 0 Å². The number of hydrogen-bond donors (Lipinski definition) is 3. The lowest BCUT2D eigenvalue weighted by Gasteiger charge is -2.08. The van der Waals surface area contributed by atoms with E-state index in [-0.39, 0.29) is 0 Å². The Balaban J connectivity index is 1.41. The van der Waals surface area contributed by atoms with Crippen LogP contribution >= 0.6 is 0 Å². The van der Waals surface area contributed by atoms with Crippen molar-refractivity contribution in [3.8, 4) is 11.4 Å². The van der Waals surface area contributed by atoms with E-state index in [1.54, 1.807) is 6.20 Å². The lowest BCUT2D eigenvalue weighted by Crippen LogP contribution is -2.16. The second kappa shape index (κ2) is 9.68. The van der Waals surface area contributed by atoms with Crippen molar-refractivity contribution >= 4 is 27.5 Å². The van der Waals surface area contributed by atoms with Gasteiger partial charge in [0, 0.05) is 24.7 Å². The van der Waals surface area contributed by atoms with E-state index in [2.05, 4.69) is 74.5 Å². The molecule has 5 rings (SSSR count). The molecule has 0 aliphatic heterocycles.